The number of hydrogen-bond acceptors (Lipinski definition) is 6. The molecule has 8 nitrogen and oxygen atoms in total. The highest BCUT2D eigenvalue weighted by molar-refractivity contribution is 7.18. The third-order valence-corrected chi connectivity index (χ3v) is 8.76. The Balaban J connectivity index is 1.52. The Labute approximate surface area is 226 Å². The number of cyclic esters (lactones) is 1. The molecule has 10 heteroatoms. The minimum absolute atomic E-state index is 0.130. The lowest BCUT2D eigenvalue weighted by Gasteiger charge is -2.57. The van der Waals surface area contributed by atoms with Crippen molar-refractivity contribution in [3.63, 3.8) is 0 Å². The third kappa shape index (κ3) is 4.84. The van der Waals surface area contributed by atoms with Crippen molar-refractivity contribution < 1.29 is 23.9 Å². The van der Waals surface area contributed by atoms with Gasteiger partial charge in [-0.15, -0.1) is 11.3 Å². The van der Waals surface area contributed by atoms with E-state index in [2.05, 4.69) is 5.32 Å². The van der Waals surface area contributed by atoms with Crippen LogP contribution >= 0.6 is 22.9 Å². The van der Waals surface area contributed by atoms with E-state index in [1.807, 2.05) is 53.7 Å². The van der Waals surface area contributed by atoms with Gasteiger partial charge in [0.05, 0.1) is 32.4 Å². The Hall–Kier alpha value is -2.62. The fourth-order valence-corrected chi connectivity index (χ4v) is 5.68. The van der Waals surface area contributed by atoms with E-state index in [9.17, 15) is 14.4 Å². The van der Waals surface area contributed by atoms with Crippen LogP contribution in [0.2, 0.25) is 4.34 Å². The Morgan fingerprint density at radius 2 is 1.62 bits per heavy atom. The number of hydrogen-bond donors (Lipinski definition) is 1. The van der Waals surface area contributed by atoms with Crippen molar-refractivity contribution in [1.82, 2.24) is 5.32 Å². The van der Waals surface area contributed by atoms with Crippen LogP contribution in [0.4, 0.5) is 16.2 Å². The highest BCUT2D eigenvalue weighted by Crippen LogP contribution is 2.44. The molecule has 3 heterocycles. The molecule has 4 rings (SSSR count). The van der Waals surface area contributed by atoms with Gasteiger partial charge in [0.25, 0.3) is 11.8 Å². The number of carbonyl (C=O) groups excluding carboxylic acids is 3. The topological polar surface area (TPSA) is 88.2 Å². The second-order valence-electron chi connectivity index (χ2n) is 11.6. The standard InChI is InChI=1S/C27H34ClN3O5S/c1-24(2,29-21(32)18-13-14-20(28)37-18)19-15-30(23(34)35-19)16-9-11-17(12-10-16)31-22(33)25(3,4)36-27(7,8)26(31,5)6/h9-14,19H,15H2,1-8H3,(H,29,32)/t19-/m1/s1. The summed E-state index contributed by atoms with van der Waals surface area (Å²) >= 11 is 7.14. The normalized spacial score (nSPS) is 22.7. The smallest absolute Gasteiger partial charge is 0.414 e. The minimum Gasteiger partial charge on any atom is -0.441 e. The maximum atomic E-state index is 13.4. The summed E-state index contributed by atoms with van der Waals surface area (Å²) in [5, 5.41) is 2.95. The van der Waals surface area contributed by atoms with E-state index in [1.54, 1.807) is 43.0 Å². The van der Waals surface area contributed by atoms with Gasteiger partial charge in [0.2, 0.25) is 0 Å². The van der Waals surface area contributed by atoms with Gasteiger partial charge in [-0.1, -0.05) is 11.6 Å². The molecular weight excluding hydrogens is 514 g/mol. The van der Waals surface area contributed by atoms with E-state index in [1.165, 1.54) is 16.2 Å². The van der Waals surface area contributed by atoms with E-state index < -0.39 is 34.5 Å². The lowest BCUT2D eigenvalue weighted by atomic mass is 9.79. The van der Waals surface area contributed by atoms with E-state index >= 15 is 0 Å². The van der Waals surface area contributed by atoms with Gasteiger partial charge in [0.1, 0.15) is 11.7 Å². The fraction of sp³-hybridized carbons (Fsp3) is 0.519. The number of anilines is 2. The molecule has 1 aromatic heterocycles. The van der Waals surface area contributed by atoms with Gasteiger partial charge in [0.15, 0.2) is 0 Å². The van der Waals surface area contributed by atoms with Crippen LogP contribution in [0.5, 0.6) is 0 Å². The maximum Gasteiger partial charge on any atom is 0.414 e. The summed E-state index contributed by atoms with van der Waals surface area (Å²) in [5.41, 5.74) is -1.66. The molecule has 1 N–H and O–H groups in total. The Bertz CT molecular complexity index is 1230. The molecule has 0 radical (unpaired) electrons. The molecular formula is C27H34ClN3O5S. The monoisotopic (exact) mass is 547 g/mol. The number of halogens is 1. The number of amides is 3. The SMILES string of the molecule is CC1(C)OC(C)(C)C(C)(C)N(c2ccc(N3C[C@H](C(C)(C)NC(=O)c4ccc(Cl)s4)OC3=O)cc2)C1=O. The van der Waals surface area contributed by atoms with Gasteiger partial charge in [-0.05, 0) is 91.8 Å². The molecule has 0 aliphatic carbocycles. The first-order valence-electron chi connectivity index (χ1n) is 12.2. The quantitative estimate of drug-likeness (QED) is 0.524. The molecule has 200 valence electrons. The highest BCUT2D eigenvalue weighted by Gasteiger charge is 2.56. The summed E-state index contributed by atoms with van der Waals surface area (Å²) in [7, 11) is 0. The molecule has 2 aliphatic rings. The number of ether oxygens (including phenoxy) is 2. The van der Waals surface area contributed by atoms with Crippen LogP contribution in [0.25, 0.3) is 0 Å². The van der Waals surface area contributed by atoms with Crippen molar-refractivity contribution >= 4 is 52.2 Å². The fourth-order valence-electron chi connectivity index (χ4n) is 4.74. The number of rotatable bonds is 5. The van der Waals surface area contributed by atoms with Crippen LogP contribution in [0.3, 0.4) is 0 Å². The zero-order valence-corrected chi connectivity index (χ0v) is 24.0. The molecule has 2 saturated heterocycles. The Kier molecular flexibility index (Phi) is 6.66. The predicted octanol–water partition coefficient (Wildman–Crippen LogP) is 5.63. The maximum absolute atomic E-state index is 13.4. The van der Waals surface area contributed by atoms with Crippen molar-refractivity contribution in [3.05, 3.63) is 45.6 Å². The second-order valence-corrected chi connectivity index (χ2v) is 13.3. The van der Waals surface area contributed by atoms with Gasteiger partial charge >= 0.3 is 6.09 Å². The first-order valence-corrected chi connectivity index (χ1v) is 13.4. The van der Waals surface area contributed by atoms with Crippen LogP contribution in [0.1, 0.15) is 65.1 Å². The zero-order valence-electron chi connectivity index (χ0n) is 22.5. The average Bonchev–Trinajstić information content (AvgIpc) is 3.38. The molecule has 1 aromatic carbocycles. The largest absolute Gasteiger partial charge is 0.441 e. The summed E-state index contributed by atoms with van der Waals surface area (Å²) < 4.78 is 12.3. The number of benzene rings is 1. The molecule has 3 amide bonds. The van der Waals surface area contributed by atoms with E-state index in [0.717, 1.165) is 5.69 Å². The Morgan fingerprint density at radius 3 is 2.19 bits per heavy atom. The first-order chi connectivity index (χ1) is 17.0. The zero-order chi connectivity index (χ0) is 27.6. The molecule has 0 spiro atoms. The van der Waals surface area contributed by atoms with Crippen molar-refractivity contribution in [2.75, 3.05) is 16.3 Å². The summed E-state index contributed by atoms with van der Waals surface area (Å²) in [6.45, 7) is 15.4. The van der Waals surface area contributed by atoms with Crippen LogP contribution in [-0.2, 0) is 14.3 Å². The van der Waals surface area contributed by atoms with Crippen LogP contribution in [0.15, 0.2) is 36.4 Å². The van der Waals surface area contributed by atoms with E-state index in [4.69, 9.17) is 21.1 Å². The molecule has 1 atom stereocenters. The first kappa shape index (κ1) is 27.4. The van der Waals surface area contributed by atoms with Crippen molar-refractivity contribution in [2.24, 2.45) is 0 Å². The van der Waals surface area contributed by atoms with Gasteiger partial charge in [-0.3, -0.25) is 14.5 Å². The lowest BCUT2D eigenvalue weighted by molar-refractivity contribution is -0.191. The van der Waals surface area contributed by atoms with Crippen molar-refractivity contribution in [2.45, 2.75) is 83.8 Å². The number of nitrogens with zero attached hydrogens (tertiary/aromatic N) is 2. The predicted molar refractivity (Wildman–Crippen MR) is 146 cm³/mol. The second kappa shape index (κ2) is 8.99. The number of morpholine rings is 1. The summed E-state index contributed by atoms with van der Waals surface area (Å²) in [6.07, 6.45) is -1.07. The number of carbonyl (C=O) groups is 3. The van der Waals surface area contributed by atoms with E-state index in [-0.39, 0.29) is 18.4 Å². The highest BCUT2D eigenvalue weighted by atomic mass is 35.5. The van der Waals surface area contributed by atoms with Gasteiger partial charge < -0.3 is 19.7 Å². The summed E-state index contributed by atoms with van der Waals surface area (Å²) in [4.78, 5) is 42.6. The summed E-state index contributed by atoms with van der Waals surface area (Å²) in [6, 6.07) is 10.6. The van der Waals surface area contributed by atoms with Crippen LogP contribution in [0, 0.1) is 0 Å². The molecule has 0 saturated carbocycles. The van der Waals surface area contributed by atoms with Crippen molar-refractivity contribution in [3.8, 4) is 0 Å². The average molecular weight is 548 g/mol. The number of nitrogens with one attached hydrogen (secondary N) is 1. The van der Waals surface area contributed by atoms with E-state index in [0.29, 0.717) is 14.9 Å². The van der Waals surface area contributed by atoms with Crippen LogP contribution < -0.4 is 15.1 Å². The van der Waals surface area contributed by atoms with Crippen molar-refractivity contribution in [1.29, 1.82) is 0 Å². The lowest BCUT2D eigenvalue weighted by Crippen LogP contribution is -2.72. The summed E-state index contributed by atoms with van der Waals surface area (Å²) in [5.74, 6) is -0.404. The minimum atomic E-state index is -0.978. The molecule has 0 bridgehead atoms. The molecule has 37 heavy (non-hydrogen) atoms. The molecule has 2 fully saturated rings. The number of thiophene rings is 1. The van der Waals surface area contributed by atoms with Gasteiger partial charge in [-0.2, -0.15) is 0 Å². The third-order valence-electron chi connectivity index (χ3n) is 7.53. The molecule has 2 aliphatic heterocycles. The Morgan fingerprint density at radius 1 is 1.03 bits per heavy atom. The van der Waals surface area contributed by atoms with Gasteiger partial charge in [0, 0.05) is 11.4 Å². The van der Waals surface area contributed by atoms with Crippen LogP contribution in [-0.4, -0.2) is 52.8 Å². The molecule has 0 unspecified atom stereocenters. The van der Waals surface area contributed by atoms with Gasteiger partial charge in [-0.25, -0.2) is 4.79 Å². The molecule has 2 aromatic rings.